The van der Waals surface area contributed by atoms with E-state index in [-0.39, 0.29) is 17.8 Å². The Morgan fingerprint density at radius 3 is 2.33 bits per heavy atom. The van der Waals surface area contributed by atoms with Gasteiger partial charge in [-0.25, -0.2) is 9.97 Å². The van der Waals surface area contributed by atoms with E-state index >= 15 is 0 Å². The summed E-state index contributed by atoms with van der Waals surface area (Å²) < 4.78 is 10.4. The number of thioether (sulfide) groups is 1. The summed E-state index contributed by atoms with van der Waals surface area (Å²) in [4.78, 5) is 41.4. The molecule has 1 amide bonds. The number of amides is 1. The third-order valence-corrected chi connectivity index (χ3v) is 8.72. The number of likely N-dealkylation sites (tertiary alicyclic amines) is 1. The molecule has 3 aromatic rings. The van der Waals surface area contributed by atoms with Crippen LogP contribution in [0.4, 0.5) is 11.5 Å². The summed E-state index contributed by atoms with van der Waals surface area (Å²) in [5.41, 5.74) is 3.86. The van der Waals surface area contributed by atoms with E-state index in [1.165, 1.54) is 5.69 Å². The Morgan fingerprint density at radius 2 is 1.64 bits per heavy atom. The first kappa shape index (κ1) is 29.7. The van der Waals surface area contributed by atoms with Crippen LogP contribution in [-0.2, 0) is 15.3 Å². The first-order valence-electron chi connectivity index (χ1n) is 14.6. The minimum absolute atomic E-state index is 0.00651. The molecule has 42 heavy (non-hydrogen) atoms. The average molecular weight is 590 g/mol. The molecule has 222 valence electrons. The summed E-state index contributed by atoms with van der Waals surface area (Å²) in [6.45, 7) is 8.94. The number of piperazine rings is 1. The summed E-state index contributed by atoms with van der Waals surface area (Å²) in [6, 6.07) is 18.1. The van der Waals surface area contributed by atoms with Gasteiger partial charge in [0, 0.05) is 68.0 Å². The number of ether oxygens (including phenoxy) is 2. The molecule has 0 N–H and O–H groups in total. The highest BCUT2D eigenvalue weighted by Crippen LogP contribution is 2.26. The van der Waals surface area contributed by atoms with Gasteiger partial charge in [-0.1, -0.05) is 23.9 Å². The highest BCUT2D eigenvalue weighted by Gasteiger charge is 2.28. The average Bonchev–Trinajstić information content (AvgIpc) is 3.03. The largest absolute Gasteiger partial charge is 0.497 e. The lowest BCUT2D eigenvalue weighted by molar-refractivity contribution is -0.149. The van der Waals surface area contributed by atoms with E-state index in [2.05, 4.69) is 33.0 Å². The molecule has 2 aliphatic heterocycles. The SMILES string of the molecule is CCOC(=O)C1CCN(C(=O)c2cccc(CSc3nc(C)cc(N4CCN(c5ccc(OC)cc5)CC4)n3)c2)CC1. The number of hydrogen-bond donors (Lipinski definition) is 0. The predicted octanol–water partition coefficient (Wildman–Crippen LogP) is 4.83. The molecular formula is C32H39N5O4S. The molecule has 5 rings (SSSR count). The fourth-order valence-electron chi connectivity index (χ4n) is 5.44. The van der Waals surface area contributed by atoms with Crippen LogP contribution in [0, 0.1) is 12.8 Å². The van der Waals surface area contributed by atoms with Gasteiger partial charge in [-0.05, 0) is 68.7 Å². The van der Waals surface area contributed by atoms with Crippen molar-refractivity contribution in [2.24, 2.45) is 5.92 Å². The zero-order chi connectivity index (χ0) is 29.5. The molecule has 2 saturated heterocycles. The molecule has 0 atom stereocenters. The molecule has 1 aromatic heterocycles. The lowest BCUT2D eigenvalue weighted by atomic mass is 9.96. The number of carbonyl (C=O) groups excluding carboxylic acids is 2. The summed E-state index contributed by atoms with van der Waals surface area (Å²) in [5.74, 6) is 2.22. The molecular weight excluding hydrogens is 550 g/mol. The van der Waals surface area contributed by atoms with Crippen LogP contribution in [0.2, 0.25) is 0 Å². The maximum Gasteiger partial charge on any atom is 0.309 e. The van der Waals surface area contributed by atoms with Crippen LogP contribution < -0.4 is 14.5 Å². The summed E-state index contributed by atoms with van der Waals surface area (Å²) in [7, 11) is 1.68. The maximum absolute atomic E-state index is 13.2. The van der Waals surface area contributed by atoms with E-state index in [0.717, 1.165) is 54.2 Å². The Balaban J connectivity index is 1.16. The van der Waals surface area contributed by atoms with Crippen LogP contribution in [0.3, 0.4) is 0 Å². The quantitative estimate of drug-likeness (QED) is 0.198. The van der Waals surface area contributed by atoms with Gasteiger partial charge in [0.15, 0.2) is 5.16 Å². The van der Waals surface area contributed by atoms with E-state index < -0.39 is 0 Å². The summed E-state index contributed by atoms with van der Waals surface area (Å²) >= 11 is 1.58. The predicted molar refractivity (Wildman–Crippen MR) is 165 cm³/mol. The van der Waals surface area contributed by atoms with Gasteiger partial charge in [-0.15, -0.1) is 0 Å². The third kappa shape index (κ3) is 7.34. The molecule has 2 aromatic carbocycles. The van der Waals surface area contributed by atoms with Crippen molar-refractivity contribution >= 4 is 35.1 Å². The first-order valence-corrected chi connectivity index (χ1v) is 15.6. The highest BCUT2D eigenvalue weighted by molar-refractivity contribution is 7.98. The lowest BCUT2D eigenvalue weighted by Crippen LogP contribution is -2.46. The normalized spacial score (nSPS) is 15.9. The molecule has 0 radical (unpaired) electrons. The van der Waals surface area contributed by atoms with Crippen molar-refractivity contribution in [3.05, 3.63) is 71.4 Å². The summed E-state index contributed by atoms with van der Waals surface area (Å²) in [5, 5.41) is 0.736. The molecule has 2 fully saturated rings. The number of esters is 1. The van der Waals surface area contributed by atoms with Crippen LogP contribution in [0.15, 0.2) is 59.8 Å². The molecule has 0 saturated carbocycles. The number of benzene rings is 2. The topological polar surface area (TPSA) is 88.1 Å². The Kier molecular flexibility index (Phi) is 9.84. The van der Waals surface area contributed by atoms with Gasteiger partial charge < -0.3 is 24.2 Å². The van der Waals surface area contributed by atoms with Crippen LogP contribution in [0.5, 0.6) is 5.75 Å². The Morgan fingerprint density at radius 1 is 0.929 bits per heavy atom. The zero-order valence-electron chi connectivity index (χ0n) is 24.6. The second kappa shape index (κ2) is 13.9. The highest BCUT2D eigenvalue weighted by atomic mass is 32.2. The van der Waals surface area contributed by atoms with Crippen molar-refractivity contribution in [3.8, 4) is 5.75 Å². The van der Waals surface area contributed by atoms with Crippen molar-refractivity contribution in [3.63, 3.8) is 0 Å². The van der Waals surface area contributed by atoms with Crippen molar-refractivity contribution in [1.82, 2.24) is 14.9 Å². The number of anilines is 2. The second-order valence-corrected chi connectivity index (χ2v) is 11.6. The summed E-state index contributed by atoms with van der Waals surface area (Å²) in [6.07, 6.45) is 1.29. The van der Waals surface area contributed by atoms with Crippen LogP contribution in [0.25, 0.3) is 0 Å². The van der Waals surface area contributed by atoms with Gasteiger partial charge in [0.2, 0.25) is 0 Å². The first-order chi connectivity index (χ1) is 20.4. The number of methoxy groups -OCH3 is 1. The third-order valence-electron chi connectivity index (χ3n) is 7.81. The number of nitrogens with zero attached hydrogens (tertiary/aromatic N) is 5. The van der Waals surface area contributed by atoms with Gasteiger partial charge in [0.05, 0.1) is 19.6 Å². The maximum atomic E-state index is 13.2. The molecule has 9 nitrogen and oxygen atoms in total. The smallest absolute Gasteiger partial charge is 0.309 e. The molecule has 2 aliphatic rings. The molecule has 0 spiro atoms. The standard InChI is InChI=1S/C32H39N5O4S/c1-4-41-31(39)25-12-14-37(15-13-25)30(38)26-7-5-6-24(21-26)22-42-32-33-23(2)20-29(34-32)36-18-16-35(17-19-36)27-8-10-28(40-3)11-9-27/h5-11,20-21,25H,4,12-19,22H2,1-3H3. The van der Waals surface area contributed by atoms with E-state index in [1.807, 2.05) is 55.1 Å². The Hall–Kier alpha value is -3.79. The van der Waals surface area contributed by atoms with E-state index in [1.54, 1.807) is 18.9 Å². The number of aromatic nitrogens is 2. The van der Waals surface area contributed by atoms with E-state index in [0.29, 0.717) is 43.9 Å². The zero-order valence-corrected chi connectivity index (χ0v) is 25.4. The number of aryl methyl sites for hydroxylation is 1. The number of carbonyl (C=O) groups is 2. The fraction of sp³-hybridized carbons (Fsp3) is 0.438. The Bertz CT molecular complexity index is 1370. The van der Waals surface area contributed by atoms with Gasteiger partial charge in [0.1, 0.15) is 11.6 Å². The van der Waals surface area contributed by atoms with Crippen LogP contribution >= 0.6 is 11.8 Å². The van der Waals surface area contributed by atoms with Crippen molar-refractivity contribution in [1.29, 1.82) is 0 Å². The number of hydrogen-bond acceptors (Lipinski definition) is 9. The van der Waals surface area contributed by atoms with Crippen LogP contribution in [0.1, 0.15) is 41.4 Å². The van der Waals surface area contributed by atoms with Gasteiger partial charge >= 0.3 is 5.97 Å². The minimum Gasteiger partial charge on any atom is -0.497 e. The molecule has 10 heteroatoms. The van der Waals surface area contributed by atoms with E-state index in [4.69, 9.17) is 14.5 Å². The molecule has 0 aliphatic carbocycles. The number of piperidine rings is 1. The van der Waals surface area contributed by atoms with Crippen molar-refractivity contribution < 1.29 is 19.1 Å². The van der Waals surface area contributed by atoms with Gasteiger partial charge in [0.25, 0.3) is 5.91 Å². The molecule has 0 bridgehead atoms. The minimum atomic E-state index is -0.152. The van der Waals surface area contributed by atoms with Gasteiger partial charge in [-0.3, -0.25) is 9.59 Å². The molecule has 3 heterocycles. The van der Waals surface area contributed by atoms with E-state index in [9.17, 15) is 9.59 Å². The fourth-order valence-corrected chi connectivity index (χ4v) is 6.28. The number of rotatable bonds is 9. The molecule has 0 unspecified atom stereocenters. The monoisotopic (exact) mass is 589 g/mol. The lowest BCUT2D eigenvalue weighted by Gasteiger charge is -2.36. The van der Waals surface area contributed by atoms with Gasteiger partial charge in [-0.2, -0.15) is 0 Å². The van der Waals surface area contributed by atoms with Crippen molar-refractivity contribution in [2.75, 3.05) is 62.8 Å². The van der Waals surface area contributed by atoms with Crippen molar-refractivity contribution in [2.45, 2.75) is 37.6 Å². The second-order valence-electron chi connectivity index (χ2n) is 10.6. The Labute approximate surface area is 252 Å². The van der Waals surface area contributed by atoms with Crippen LogP contribution in [-0.4, -0.2) is 79.7 Å².